The molecule has 0 saturated heterocycles. The molecule has 1 heterocycles. The van der Waals surface area contributed by atoms with Crippen LogP contribution in [0.3, 0.4) is 0 Å². The molecule has 1 aromatic heterocycles. The summed E-state index contributed by atoms with van der Waals surface area (Å²) in [4.78, 5) is 5.49. The van der Waals surface area contributed by atoms with E-state index in [0.29, 0.717) is 18.9 Å². The molecule has 0 atom stereocenters. The molecule has 0 bridgehead atoms. The first-order valence-corrected chi connectivity index (χ1v) is 7.47. The molecule has 0 fully saturated rings. The van der Waals surface area contributed by atoms with E-state index in [2.05, 4.69) is 31.0 Å². The minimum atomic E-state index is 0.423. The number of aromatic nitrogens is 1. The maximum atomic E-state index is 8.76. The summed E-state index contributed by atoms with van der Waals surface area (Å²) < 4.78 is 5.90. The lowest BCUT2D eigenvalue weighted by Crippen LogP contribution is -1.99. The number of nitriles is 1. The largest absolute Gasteiger partial charge is 0.486 e. The summed E-state index contributed by atoms with van der Waals surface area (Å²) in [6, 6.07) is 10.3. The van der Waals surface area contributed by atoms with Crippen molar-refractivity contribution >= 4 is 11.3 Å². The van der Waals surface area contributed by atoms with E-state index in [0.717, 1.165) is 21.3 Å². The van der Waals surface area contributed by atoms with Crippen molar-refractivity contribution in [1.82, 2.24) is 4.98 Å². The lowest BCUT2D eigenvalue weighted by atomic mass is 10.0. The van der Waals surface area contributed by atoms with E-state index in [1.807, 2.05) is 25.1 Å². The molecule has 0 aliphatic carbocycles. The molecule has 20 heavy (non-hydrogen) atoms. The predicted molar refractivity (Wildman–Crippen MR) is 81.0 cm³/mol. The number of benzene rings is 1. The van der Waals surface area contributed by atoms with Crippen molar-refractivity contribution in [3.05, 3.63) is 45.4 Å². The van der Waals surface area contributed by atoms with Gasteiger partial charge in [0.2, 0.25) is 0 Å². The van der Waals surface area contributed by atoms with Gasteiger partial charge in [0.05, 0.1) is 18.2 Å². The molecule has 0 saturated carbocycles. The molecule has 3 nitrogen and oxygen atoms in total. The molecule has 0 aliphatic rings. The van der Waals surface area contributed by atoms with Gasteiger partial charge in [0, 0.05) is 4.88 Å². The number of hydrogen-bond donors (Lipinski definition) is 0. The van der Waals surface area contributed by atoms with Gasteiger partial charge in [0.25, 0.3) is 0 Å². The third-order valence-electron chi connectivity index (χ3n) is 3.07. The normalized spacial score (nSPS) is 10.6. The first-order valence-electron chi connectivity index (χ1n) is 6.65. The van der Waals surface area contributed by atoms with Gasteiger partial charge in [0.1, 0.15) is 17.4 Å². The van der Waals surface area contributed by atoms with E-state index < -0.39 is 0 Å². The fraction of sp³-hybridized carbons (Fsp3) is 0.375. The van der Waals surface area contributed by atoms with Gasteiger partial charge < -0.3 is 4.74 Å². The van der Waals surface area contributed by atoms with Crippen LogP contribution in [0.5, 0.6) is 5.75 Å². The van der Waals surface area contributed by atoms with E-state index >= 15 is 0 Å². The number of aryl methyl sites for hydroxylation is 1. The molecular weight excluding hydrogens is 268 g/mol. The summed E-state index contributed by atoms with van der Waals surface area (Å²) in [5.41, 5.74) is 2.14. The molecule has 2 aromatic rings. The van der Waals surface area contributed by atoms with Crippen LogP contribution in [0.15, 0.2) is 24.3 Å². The average Bonchev–Trinajstić information content (AvgIpc) is 2.78. The minimum absolute atomic E-state index is 0.423. The molecule has 1 aromatic carbocycles. The average molecular weight is 286 g/mol. The zero-order valence-corrected chi connectivity index (χ0v) is 12.8. The molecule has 0 N–H and O–H groups in total. The van der Waals surface area contributed by atoms with Crippen LogP contribution in [-0.4, -0.2) is 4.98 Å². The Bertz CT molecular complexity index is 626. The Morgan fingerprint density at radius 2 is 2.10 bits per heavy atom. The van der Waals surface area contributed by atoms with Crippen molar-refractivity contribution in [1.29, 1.82) is 5.26 Å². The number of hydrogen-bond acceptors (Lipinski definition) is 4. The highest BCUT2D eigenvalue weighted by Crippen LogP contribution is 2.27. The van der Waals surface area contributed by atoms with Crippen LogP contribution < -0.4 is 4.74 Å². The van der Waals surface area contributed by atoms with Crippen molar-refractivity contribution < 1.29 is 4.74 Å². The molecule has 0 unspecified atom stereocenters. The number of para-hydroxylation sites is 1. The molecule has 0 radical (unpaired) electrons. The Balaban J connectivity index is 2.09. The third-order valence-corrected chi connectivity index (χ3v) is 4.20. The highest BCUT2D eigenvalue weighted by atomic mass is 32.1. The molecular formula is C16H18N2OS. The monoisotopic (exact) mass is 286 g/mol. The van der Waals surface area contributed by atoms with E-state index in [-0.39, 0.29) is 0 Å². The van der Waals surface area contributed by atoms with Crippen molar-refractivity contribution in [2.24, 2.45) is 0 Å². The summed E-state index contributed by atoms with van der Waals surface area (Å²) in [5, 5.41) is 9.68. The van der Waals surface area contributed by atoms with Crippen molar-refractivity contribution in [2.75, 3.05) is 0 Å². The Morgan fingerprint density at radius 3 is 2.80 bits per heavy atom. The molecule has 0 spiro atoms. The second-order valence-electron chi connectivity index (χ2n) is 4.93. The van der Waals surface area contributed by atoms with E-state index in [4.69, 9.17) is 10.00 Å². The minimum Gasteiger partial charge on any atom is -0.486 e. The predicted octanol–water partition coefficient (Wildman–Crippen LogP) is 4.22. The Kier molecular flexibility index (Phi) is 4.75. The van der Waals surface area contributed by atoms with Crippen molar-refractivity contribution in [3.63, 3.8) is 0 Å². The van der Waals surface area contributed by atoms with Crippen LogP contribution in [0.4, 0.5) is 0 Å². The van der Waals surface area contributed by atoms with Crippen LogP contribution in [0, 0.1) is 18.3 Å². The second kappa shape index (κ2) is 6.53. The zero-order chi connectivity index (χ0) is 14.5. The first kappa shape index (κ1) is 14.5. The Hall–Kier alpha value is -1.86. The number of ether oxygens (including phenoxy) is 1. The molecule has 0 amide bonds. The maximum Gasteiger partial charge on any atom is 0.140 e. The molecule has 4 heteroatoms. The van der Waals surface area contributed by atoms with Gasteiger partial charge in [0.15, 0.2) is 0 Å². The summed E-state index contributed by atoms with van der Waals surface area (Å²) in [5.74, 6) is 1.34. The molecule has 0 aliphatic heterocycles. The number of thiazole rings is 1. The molecule has 2 rings (SSSR count). The highest BCUT2D eigenvalue weighted by molar-refractivity contribution is 7.11. The van der Waals surface area contributed by atoms with E-state index in [1.54, 1.807) is 11.3 Å². The van der Waals surface area contributed by atoms with Crippen LogP contribution in [0.25, 0.3) is 0 Å². The Morgan fingerprint density at radius 1 is 1.35 bits per heavy atom. The highest BCUT2D eigenvalue weighted by Gasteiger charge is 2.10. The fourth-order valence-corrected chi connectivity index (χ4v) is 2.93. The quantitative estimate of drug-likeness (QED) is 0.826. The number of nitrogens with zero attached hydrogens (tertiary/aromatic N) is 2. The van der Waals surface area contributed by atoms with Gasteiger partial charge in [-0.2, -0.15) is 5.26 Å². The van der Waals surface area contributed by atoms with E-state index in [1.165, 1.54) is 5.56 Å². The second-order valence-corrected chi connectivity index (χ2v) is 6.10. The summed E-state index contributed by atoms with van der Waals surface area (Å²) in [6.45, 7) is 6.71. The van der Waals surface area contributed by atoms with Crippen LogP contribution in [-0.2, 0) is 13.0 Å². The van der Waals surface area contributed by atoms with Gasteiger partial charge in [-0.1, -0.05) is 32.0 Å². The topological polar surface area (TPSA) is 45.9 Å². The SMILES string of the molecule is Cc1nc(COc2ccccc2C(C)C)sc1CC#N. The van der Waals surface area contributed by atoms with E-state index in [9.17, 15) is 0 Å². The maximum absolute atomic E-state index is 8.76. The van der Waals surface area contributed by atoms with Gasteiger partial charge in [-0.15, -0.1) is 11.3 Å². The fourth-order valence-electron chi connectivity index (χ4n) is 2.01. The van der Waals surface area contributed by atoms with Gasteiger partial charge >= 0.3 is 0 Å². The third kappa shape index (κ3) is 3.37. The lowest BCUT2D eigenvalue weighted by Gasteiger charge is -2.12. The smallest absolute Gasteiger partial charge is 0.140 e. The van der Waals surface area contributed by atoms with Crippen LogP contribution >= 0.6 is 11.3 Å². The standard InChI is InChI=1S/C16H18N2OS/c1-11(2)13-6-4-5-7-14(13)19-10-16-18-12(3)15(20-16)8-9-17/h4-7,11H,8,10H2,1-3H3. The lowest BCUT2D eigenvalue weighted by molar-refractivity contribution is 0.301. The van der Waals surface area contributed by atoms with Crippen LogP contribution in [0.1, 0.15) is 40.9 Å². The van der Waals surface area contributed by atoms with Crippen molar-refractivity contribution in [3.8, 4) is 11.8 Å². The summed E-state index contributed by atoms with van der Waals surface area (Å²) >= 11 is 1.56. The van der Waals surface area contributed by atoms with Gasteiger partial charge in [-0.3, -0.25) is 0 Å². The summed E-state index contributed by atoms with van der Waals surface area (Å²) in [6.07, 6.45) is 0.423. The zero-order valence-electron chi connectivity index (χ0n) is 12.0. The number of rotatable bonds is 5. The van der Waals surface area contributed by atoms with Gasteiger partial charge in [-0.05, 0) is 24.5 Å². The summed E-state index contributed by atoms with van der Waals surface area (Å²) in [7, 11) is 0. The van der Waals surface area contributed by atoms with Gasteiger partial charge in [-0.25, -0.2) is 4.98 Å². The first-order chi connectivity index (χ1) is 9.61. The van der Waals surface area contributed by atoms with Crippen molar-refractivity contribution in [2.45, 2.75) is 39.7 Å². The molecule has 104 valence electrons. The Labute approximate surface area is 123 Å². The van der Waals surface area contributed by atoms with Crippen LogP contribution in [0.2, 0.25) is 0 Å².